The lowest BCUT2D eigenvalue weighted by Crippen LogP contribution is -2.49. The minimum absolute atomic E-state index is 0.0395. The molecule has 0 aromatic carbocycles. The Kier molecular flexibility index (Phi) is 5.41. The van der Waals surface area contributed by atoms with Crippen molar-refractivity contribution >= 4 is 16.9 Å². The summed E-state index contributed by atoms with van der Waals surface area (Å²) in [5, 5.41) is 5.29. The van der Waals surface area contributed by atoms with E-state index in [1.54, 1.807) is 12.5 Å². The third-order valence-electron chi connectivity index (χ3n) is 5.34. The van der Waals surface area contributed by atoms with Gasteiger partial charge in [-0.05, 0) is 38.0 Å². The summed E-state index contributed by atoms with van der Waals surface area (Å²) < 4.78 is 7.41. The van der Waals surface area contributed by atoms with Crippen LogP contribution < -0.4 is 0 Å². The molecule has 7 heteroatoms. The third kappa shape index (κ3) is 3.92. The number of hydrogen-bond acceptors (Lipinski definition) is 5. The fourth-order valence-electron chi connectivity index (χ4n) is 3.94. The number of pyridine rings is 1. The van der Waals surface area contributed by atoms with Gasteiger partial charge >= 0.3 is 0 Å². The van der Waals surface area contributed by atoms with Gasteiger partial charge in [-0.1, -0.05) is 13.8 Å². The monoisotopic (exact) mass is 395 g/mol. The summed E-state index contributed by atoms with van der Waals surface area (Å²) in [7, 11) is 0. The van der Waals surface area contributed by atoms with Gasteiger partial charge in [0.25, 0.3) is 5.91 Å². The number of fused-ring (bicyclic) bond motifs is 1. The van der Waals surface area contributed by atoms with Gasteiger partial charge in [0.05, 0.1) is 23.4 Å². The Hall–Kier alpha value is -2.67. The van der Waals surface area contributed by atoms with Gasteiger partial charge in [-0.25, -0.2) is 9.67 Å². The summed E-state index contributed by atoms with van der Waals surface area (Å²) in [4.78, 5) is 22.6. The largest absolute Gasteiger partial charge is 0.463 e. The van der Waals surface area contributed by atoms with E-state index in [2.05, 4.69) is 37.7 Å². The number of furan rings is 1. The molecule has 4 rings (SSSR count). The van der Waals surface area contributed by atoms with Crippen molar-refractivity contribution in [2.24, 2.45) is 5.92 Å². The molecule has 0 bridgehead atoms. The number of rotatable bonds is 5. The summed E-state index contributed by atoms with van der Waals surface area (Å²) in [6.07, 6.45) is 3.38. The maximum atomic E-state index is 13.5. The first kappa shape index (κ1) is 19.6. The summed E-state index contributed by atoms with van der Waals surface area (Å²) in [6, 6.07) is 5.69. The first-order valence-electron chi connectivity index (χ1n) is 10.4. The normalized spacial score (nSPS) is 15.7. The van der Waals surface area contributed by atoms with Crippen LogP contribution in [0.5, 0.6) is 0 Å². The van der Waals surface area contributed by atoms with E-state index in [0.29, 0.717) is 22.9 Å². The fourth-order valence-corrected chi connectivity index (χ4v) is 3.94. The molecule has 0 radical (unpaired) electrons. The SMILES string of the molecule is CC(C)CN1CCN(C(=O)c2cc(-c3ccco3)nc3c2cnn3C(C)C)CC1. The number of amides is 1. The molecule has 7 nitrogen and oxygen atoms in total. The number of carbonyl (C=O) groups is 1. The molecule has 3 aromatic rings. The van der Waals surface area contributed by atoms with E-state index in [4.69, 9.17) is 9.40 Å². The van der Waals surface area contributed by atoms with E-state index in [9.17, 15) is 4.79 Å². The summed E-state index contributed by atoms with van der Waals surface area (Å²) in [5.74, 6) is 1.33. The van der Waals surface area contributed by atoms with E-state index < -0.39 is 0 Å². The van der Waals surface area contributed by atoms with Crippen LogP contribution in [0.1, 0.15) is 44.1 Å². The highest BCUT2D eigenvalue weighted by Crippen LogP contribution is 2.27. The molecule has 29 heavy (non-hydrogen) atoms. The first-order chi connectivity index (χ1) is 13.9. The Balaban J connectivity index is 1.68. The average Bonchev–Trinajstić information content (AvgIpc) is 3.36. The van der Waals surface area contributed by atoms with Gasteiger partial charge in [-0.3, -0.25) is 9.69 Å². The summed E-state index contributed by atoms with van der Waals surface area (Å²) in [5.41, 5.74) is 2.02. The summed E-state index contributed by atoms with van der Waals surface area (Å²) >= 11 is 0. The highest BCUT2D eigenvalue weighted by molar-refractivity contribution is 6.06. The topological polar surface area (TPSA) is 67.4 Å². The molecule has 0 aliphatic carbocycles. The molecule has 4 heterocycles. The van der Waals surface area contributed by atoms with Crippen LogP contribution in [-0.2, 0) is 0 Å². The molecular formula is C22H29N5O2. The highest BCUT2D eigenvalue weighted by atomic mass is 16.3. The highest BCUT2D eigenvalue weighted by Gasteiger charge is 2.26. The molecule has 0 N–H and O–H groups in total. The zero-order valence-corrected chi connectivity index (χ0v) is 17.6. The number of nitrogens with zero attached hydrogens (tertiary/aromatic N) is 5. The van der Waals surface area contributed by atoms with Crippen LogP contribution in [0.2, 0.25) is 0 Å². The molecule has 3 aromatic heterocycles. The molecule has 1 amide bonds. The summed E-state index contributed by atoms with van der Waals surface area (Å²) in [6.45, 7) is 13.0. The lowest BCUT2D eigenvalue weighted by atomic mass is 10.1. The number of aromatic nitrogens is 3. The van der Waals surface area contributed by atoms with Crippen molar-refractivity contribution in [3.63, 3.8) is 0 Å². The molecule has 0 atom stereocenters. The Morgan fingerprint density at radius 3 is 2.55 bits per heavy atom. The quantitative estimate of drug-likeness (QED) is 0.659. The number of hydrogen-bond donors (Lipinski definition) is 0. The van der Waals surface area contributed by atoms with Crippen molar-refractivity contribution in [1.29, 1.82) is 0 Å². The van der Waals surface area contributed by atoms with Gasteiger partial charge in [0.2, 0.25) is 0 Å². The maximum absolute atomic E-state index is 13.5. The standard InChI is InChI=1S/C22H29N5O2/c1-15(2)14-25-7-9-26(10-8-25)22(28)17-12-19(20-6-5-11-29-20)24-21-18(17)13-23-27(21)16(3)4/h5-6,11-13,15-16H,7-10,14H2,1-4H3. The molecule has 1 fully saturated rings. The zero-order chi connectivity index (χ0) is 20.5. The van der Waals surface area contributed by atoms with Crippen molar-refractivity contribution < 1.29 is 9.21 Å². The Labute approximate surface area is 171 Å². The van der Waals surface area contributed by atoms with Crippen molar-refractivity contribution in [3.05, 3.63) is 36.2 Å². The molecule has 0 spiro atoms. The van der Waals surface area contributed by atoms with Gasteiger partial charge in [0.15, 0.2) is 11.4 Å². The van der Waals surface area contributed by atoms with Crippen LogP contribution >= 0.6 is 0 Å². The Morgan fingerprint density at radius 1 is 1.17 bits per heavy atom. The second kappa shape index (κ2) is 7.99. The second-order valence-electron chi connectivity index (χ2n) is 8.44. The molecule has 0 unspecified atom stereocenters. The van der Waals surface area contributed by atoms with Crippen molar-refractivity contribution in [1.82, 2.24) is 24.6 Å². The van der Waals surface area contributed by atoms with Crippen LogP contribution in [0.25, 0.3) is 22.5 Å². The number of piperazine rings is 1. The van der Waals surface area contributed by atoms with Crippen molar-refractivity contribution in [2.45, 2.75) is 33.7 Å². The van der Waals surface area contributed by atoms with Gasteiger partial charge in [-0.2, -0.15) is 5.10 Å². The average molecular weight is 396 g/mol. The minimum atomic E-state index is 0.0395. The van der Waals surface area contributed by atoms with E-state index in [1.165, 1.54) is 0 Å². The first-order valence-corrected chi connectivity index (χ1v) is 10.4. The van der Waals surface area contributed by atoms with Crippen molar-refractivity contribution in [3.8, 4) is 11.5 Å². The van der Waals surface area contributed by atoms with Crippen molar-refractivity contribution in [2.75, 3.05) is 32.7 Å². The lowest BCUT2D eigenvalue weighted by molar-refractivity contribution is 0.0625. The third-order valence-corrected chi connectivity index (χ3v) is 5.34. The van der Waals surface area contributed by atoms with E-state index in [-0.39, 0.29) is 11.9 Å². The number of carbonyl (C=O) groups excluding carboxylic acids is 1. The predicted octanol–water partition coefficient (Wildman–Crippen LogP) is 3.69. The molecule has 0 saturated carbocycles. The molecular weight excluding hydrogens is 366 g/mol. The zero-order valence-electron chi connectivity index (χ0n) is 17.6. The molecule has 1 saturated heterocycles. The second-order valence-corrected chi connectivity index (χ2v) is 8.44. The Bertz CT molecular complexity index is 982. The van der Waals surface area contributed by atoms with Crippen LogP contribution in [0.15, 0.2) is 35.1 Å². The van der Waals surface area contributed by atoms with Crippen LogP contribution in [0, 0.1) is 5.92 Å². The van der Waals surface area contributed by atoms with Gasteiger partial charge in [-0.15, -0.1) is 0 Å². The van der Waals surface area contributed by atoms with E-state index >= 15 is 0 Å². The van der Waals surface area contributed by atoms with Gasteiger partial charge < -0.3 is 9.32 Å². The van der Waals surface area contributed by atoms with Gasteiger partial charge in [0.1, 0.15) is 5.69 Å². The predicted molar refractivity (Wildman–Crippen MR) is 113 cm³/mol. The van der Waals surface area contributed by atoms with E-state index in [0.717, 1.165) is 43.8 Å². The minimum Gasteiger partial charge on any atom is -0.463 e. The molecule has 1 aliphatic rings. The van der Waals surface area contributed by atoms with Gasteiger partial charge in [0, 0.05) is 38.8 Å². The van der Waals surface area contributed by atoms with Crippen LogP contribution in [-0.4, -0.2) is 63.2 Å². The fraction of sp³-hybridized carbons (Fsp3) is 0.500. The van der Waals surface area contributed by atoms with Crippen LogP contribution in [0.4, 0.5) is 0 Å². The Morgan fingerprint density at radius 2 is 1.93 bits per heavy atom. The smallest absolute Gasteiger partial charge is 0.254 e. The molecule has 1 aliphatic heterocycles. The van der Waals surface area contributed by atoms with Crippen LogP contribution in [0.3, 0.4) is 0 Å². The lowest BCUT2D eigenvalue weighted by Gasteiger charge is -2.35. The maximum Gasteiger partial charge on any atom is 0.254 e. The van der Waals surface area contributed by atoms with E-state index in [1.807, 2.05) is 27.8 Å². The molecule has 154 valence electrons.